The number of hydrogen-bond acceptors (Lipinski definition) is 6. The van der Waals surface area contributed by atoms with E-state index in [1.807, 2.05) is 18.2 Å². The van der Waals surface area contributed by atoms with Crippen LogP contribution < -0.4 is 4.74 Å². The zero-order valence-corrected chi connectivity index (χ0v) is 17.7. The highest BCUT2D eigenvalue weighted by Crippen LogP contribution is 2.28. The van der Waals surface area contributed by atoms with Crippen molar-refractivity contribution in [1.82, 2.24) is 0 Å². The van der Waals surface area contributed by atoms with Gasteiger partial charge in [-0.1, -0.05) is 37.3 Å². The van der Waals surface area contributed by atoms with Crippen LogP contribution in [0.1, 0.15) is 42.1 Å². The molecule has 30 heavy (non-hydrogen) atoms. The third-order valence-electron chi connectivity index (χ3n) is 5.01. The Morgan fingerprint density at radius 1 is 1.30 bits per heavy atom. The Labute approximate surface area is 177 Å². The maximum atomic E-state index is 13.1. The third kappa shape index (κ3) is 7.00. The van der Waals surface area contributed by atoms with Gasteiger partial charge in [-0.25, -0.2) is 9.59 Å². The largest absolute Gasteiger partial charge is 0.496 e. The second kappa shape index (κ2) is 12.1. The number of carboxylic acids is 1. The molecule has 1 heterocycles. The first-order chi connectivity index (χ1) is 14.5. The molecule has 1 aliphatic rings. The number of fused-ring (bicyclic) bond motifs is 1. The molecule has 0 saturated heterocycles. The molecule has 1 aromatic carbocycles. The lowest BCUT2D eigenvalue weighted by atomic mass is 9.93. The molecule has 0 fully saturated rings. The molecule has 7 nitrogen and oxygen atoms in total. The van der Waals surface area contributed by atoms with Gasteiger partial charge in [0.15, 0.2) is 0 Å². The van der Waals surface area contributed by atoms with Crippen molar-refractivity contribution in [1.29, 1.82) is 0 Å². The summed E-state index contributed by atoms with van der Waals surface area (Å²) in [6.07, 6.45) is 7.93. The molecular weight excluding hydrogens is 388 g/mol. The number of carbonyl (C=O) groups is 2. The Morgan fingerprint density at radius 3 is 2.80 bits per heavy atom. The number of methoxy groups -OCH3 is 2. The molecule has 0 radical (unpaired) electrons. The predicted octanol–water partition coefficient (Wildman–Crippen LogP) is 3.77. The minimum Gasteiger partial charge on any atom is -0.496 e. The molecule has 1 aliphatic heterocycles. The Kier molecular flexibility index (Phi) is 9.57. The lowest BCUT2D eigenvalue weighted by molar-refractivity contribution is -0.131. The fourth-order valence-corrected chi connectivity index (χ4v) is 3.42. The van der Waals surface area contributed by atoms with E-state index in [9.17, 15) is 9.59 Å². The second-order valence-corrected chi connectivity index (χ2v) is 7.23. The van der Waals surface area contributed by atoms with E-state index in [0.717, 1.165) is 18.1 Å². The van der Waals surface area contributed by atoms with Crippen LogP contribution in [-0.2, 0) is 25.4 Å². The van der Waals surface area contributed by atoms with Crippen LogP contribution in [0.25, 0.3) is 0 Å². The summed E-state index contributed by atoms with van der Waals surface area (Å²) in [4.78, 5) is 23.9. The van der Waals surface area contributed by atoms with Crippen LogP contribution in [0.3, 0.4) is 0 Å². The number of hydrogen-bond donors (Lipinski definition) is 1. The summed E-state index contributed by atoms with van der Waals surface area (Å²) >= 11 is 0. The first kappa shape index (κ1) is 23.6. The van der Waals surface area contributed by atoms with Crippen molar-refractivity contribution in [3.63, 3.8) is 0 Å². The van der Waals surface area contributed by atoms with Crippen LogP contribution in [-0.4, -0.2) is 50.3 Å². The summed E-state index contributed by atoms with van der Waals surface area (Å²) in [5, 5.41) is 8.89. The summed E-state index contributed by atoms with van der Waals surface area (Å²) in [5.41, 5.74) is 1.20. The van der Waals surface area contributed by atoms with Crippen LogP contribution >= 0.6 is 0 Å². The average molecular weight is 418 g/mol. The van der Waals surface area contributed by atoms with Gasteiger partial charge in [0.05, 0.1) is 13.2 Å². The van der Waals surface area contributed by atoms with E-state index in [0.29, 0.717) is 24.2 Å². The van der Waals surface area contributed by atoms with E-state index in [1.165, 1.54) is 13.2 Å². The highest BCUT2D eigenvalue weighted by Gasteiger charge is 2.27. The number of carboxylic acid groups (broad SMARTS) is 1. The van der Waals surface area contributed by atoms with Gasteiger partial charge < -0.3 is 24.1 Å². The van der Waals surface area contributed by atoms with Gasteiger partial charge in [0.1, 0.15) is 24.2 Å². The summed E-state index contributed by atoms with van der Waals surface area (Å²) in [5.74, 6) is -0.941. The lowest BCUT2D eigenvalue weighted by Gasteiger charge is -2.28. The third-order valence-corrected chi connectivity index (χ3v) is 5.01. The van der Waals surface area contributed by atoms with E-state index in [-0.39, 0.29) is 25.2 Å². The maximum Gasteiger partial charge on any atom is 0.342 e. The average Bonchev–Trinajstić information content (AvgIpc) is 2.72. The van der Waals surface area contributed by atoms with Gasteiger partial charge >= 0.3 is 11.9 Å². The molecule has 1 N–H and O–H groups in total. The van der Waals surface area contributed by atoms with E-state index < -0.39 is 18.0 Å². The summed E-state index contributed by atoms with van der Waals surface area (Å²) < 4.78 is 22.1. The molecule has 164 valence electrons. The van der Waals surface area contributed by atoms with Crippen LogP contribution in [0.2, 0.25) is 0 Å². The number of rotatable bonds is 7. The van der Waals surface area contributed by atoms with Crippen molar-refractivity contribution in [3.05, 3.63) is 53.6 Å². The summed E-state index contributed by atoms with van der Waals surface area (Å²) in [6.45, 7) is 2.19. The summed E-state index contributed by atoms with van der Waals surface area (Å²) in [6, 6.07) is 5.44. The van der Waals surface area contributed by atoms with Crippen LogP contribution in [0, 0.1) is 5.92 Å². The Balaban J connectivity index is 2.37. The van der Waals surface area contributed by atoms with E-state index in [1.54, 1.807) is 13.2 Å². The van der Waals surface area contributed by atoms with E-state index >= 15 is 0 Å². The minimum absolute atomic E-state index is 0.126. The quantitative estimate of drug-likeness (QED) is 0.312. The highest BCUT2D eigenvalue weighted by molar-refractivity contribution is 5.94. The zero-order valence-electron chi connectivity index (χ0n) is 17.7. The normalized spacial score (nSPS) is 22.6. The number of aliphatic carboxylic acids is 1. The topological polar surface area (TPSA) is 91.3 Å². The zero-order chi connectivity index (χ0) is 21.9. The molecule has 0 amide bonds. The smallest absolute Gasteiger partial charge is 0.342 e. The van der Waals surface area contributed by atoms with Crippen molar-refractivity contribution in [3.8, 4) is 5.75 Å². The molecule has 0 unspecified atom stereocenters. The lowest BCUT2D eigenvalue weighted by Crippen LogP contribution is -2.31. The van der Waals surface area contributed by atoms with Crippen LogP contribution in [0.15, 0.2) is 42.5 Å². The van der Waals surface area contributed by atoms with Crippen molar-refractivity contribution in [2.24, 2.45) is 5.92 Å². The SMILES string of the molecule is COCO[C@@H]1C[C@H](CC=CC(=O)O)OC(=O)c2c(cccc2OC)CC=CC[C@@H]1C. The first-order valence-electron chi connectivity index (χ1n) is 9.98. The monoisotopic (exact) mass is 418 g/mol. The second-order valence-electron chi connectivity index (χ2n) is 7.23. The molecule has 0 aromatic heterocycles. The van der Waals surface area contributed by atoms with Crippen molar-refractivity contribution >= 4 is 11.9 Å². The molecular formula is C23H30O7. The molecule has 2 rings (SSSR count). The van der Waals surface area contributed by atoms with Gasteiger partial charge in [0.2, 0.25) is 0 Å². The Bertz CT molecular complexity index is 769. The number of allylic oxidation sites excluding steroid dienone is 2. The molecule has 3 atom stereocenters. The van der Waals surface area contributed by atoms with E-state index in [4.69, 9.17) is 24.1 Å². The van der Waals surface area contributed by atoms with Crippen LogP contribution in [0.4, 0.5) is 0 Å². The molecule has 0 aliphatic carbocycles. The number of carbonyl (C=O) groups excluding carboxylic acids is 1. The van der Waals surface area contributed by atoms with Crippen molar-refractivity contribution < 1.29 is 33.6 Å². The molecule has 7 heteroatoms. The van der Waals surface area contributed by atoms with Gasteiger partial charge in [-0.05, 0) is 30.4 Å². The Hall–Kier alpha value is -2.64. The van der Waals surface area contributed by atoms with Gasteiger partial charge in [0, 0.05) is 26.0 Å². The fraction of sp³-hybridized carbons (Fsp3) is 0.478. The number of benzene rings is 1. The number of ether oxygens (including phenoxy) is 4. The first-order valence-corrected chi connectivity index (χ1v) is 9.98. The highest BCUT2D eigenvalue weighted by atomic mass is 16.7. The summed E-state index contributed by atoms with van der Waals surface area (Å²) in [7, 11) is 3.06. The predicted molar refractivity (Wildman–Crippen MR) is 112 cm³/mol. The van der Waals surface area contributed by atoms with Gasteiger partial charge in [-0.2, -0.15) is 0 Å². The Morgan fingerprint density at radius 2 is 2.10 bits per heavy atom. The molecule has 0 saturated carbocycles. The number of cyclic esters (lactones) is 1. The van der Waals surface area contributed by atoms with E-state index in [2.05, 4.69) is 13.0 Å². The van der Waals surface area contributed by atoms with Gasteiger partial charge in [-0.3, -0.25) is 0 Å². The molecule has 0 bridgehead atoms. The van der Waals surface area contributed by atoms with Gasteiger partial charge in [-0.15, -0.1) is 0 Å². The maximum absolute atomic E-state index is 13.1. The van der Waals surface area contributed by atoms with Crippen LogP contribution in [0.5, 0.6) is 5.75 Å². The van der Waals surface area contributed by atoms with Gasteiger partial charge in [0.25, 0.3) is 0 Å². The van der Waals surface area contributed by atoms with Crippen molar-refractivity contribution in [2.45, 2.75) is 44.8 Å². The minimum atomic E-state index is -1.05. The fourth-order valence-electron chi connectivity index (χ4n) is 3.42. The van der Waals surface area contributed by atoms with Crippen molar-refractivity contribution in [2.75, 3.05) is 21.0 Å². The number of esters is 1. The molecule has 1 aromatic rings. The molecule has 0 spiro atoms. The standard InChI is InChI=1S/C23H30O7/c1-16-8-4-5-9-17-10-6-12-19(28-3)22(17)23(26)30-18(11-7-13-21(24)25)14-20(16)29-15-27-2/h4-7,10,12-13,16,18,20H,8-9,11,14-15H2,1-3H3,(H,24,25)/t16-,18-,20+/m0/s1.